The largest absolute Gasteiger partial charge is 0.496 e. The van der Waals surface area contributed by atoms with Crippen molar-refractivity contribution in [1.29, 1.82) is 0 Å². The van der Waals surface area contributed by atoms with E-state index < -0.39 is 0 Å². The Kier molecular flexibility index (Phi) is 2.94. The lowest BCUT2D eigenvalue weighted by molar-refractivity contribution is 0.270. The summed E-state index contributed by atoms with van der Waals surface area (Å²) in [4.78, 5) is 0. The molecule has 0 unspecified atom stereocenters. The average molecular weight is 220 g/mol. The second-order valence-electron chi connectivity index (χ2n) is 5.17. The third-order valence-corrected chi connectivity index (χ3v) is 3.72. The number of methoxy groups -OCH3 is 1. The standard InChI is InChI=1S/C14H20O2/c1-14(2)8-4-5-10-11(9-15)13(16-3)7-6-12(10)14/h6-7,15H,4-5,8-9H2,1-3H3. The molecule has 1 aliphatic carbocycles. The summed E-state index contributed by atoms with van der Waals surface area (Å²) in [7, 11) is 1.66. The molecule has 0 saturated carbocycles. The molecule has 1 aromatic carbocycles. The third kappa shape index (κ3) is 1.71. The highest BCUT2D eigenvalue weighted by Crippen LogP contribution is 2.40. The molecule has 0 bridgehead atoms. The van der Waals surface area contributed by atoms with E-state index in [0.29, 0.717) is 0 Å². The number of rotatable bonds is 2. The van der Waals surface area contributed by atoms with Crippen LogP contribution in [0.1, 0.15) is 43.4 Å². The molecule has 2 heteroatoms. The minimum Gasteiger partial charge on any atom is -0.496 e. The minimum absolute atomic E-state index is 0.0719. The SMILES string of the molecule is COc1ccc2c(c1CO)CCCC2(C)C. The van der Waals surface area contributed by atoms with Gasteiger partial charge in [-0.15, -0.1) is 0 Å². The van der Waals surface area contributed by atoms with Gasteiger partial charge in [-0.2, -0.15) is 0 Å². The summed E-state index contributed by atoms with van der Waals surface area (Å²) in [5.74, 6) is 0.818. The molecule has 0 aliphatic heterocycles. The first kappa shape index (κ1) is 11.5. The van der Waals surface area contributed by atoms with Gasteiger partial charge in [-0.25, -0.2) is 0 Å². The van der Waals surface area contributed by atoms with Crippen LogP contribution in [0.15, 0.2) is 12.1 Å². The Balaban J connectivity index is 2.60. The molecule has 16 heavy (non-hydrogen) atoms. The fourth-order valence-electron chi connectivity index (χ4n) is 2.80. The van der Waals surface area contributed by atoms with E-state index in [-0.39, 0.29) is 12.0 Å². The van der Waals surface area contributed by atoms with Crippen LogP contribution >= 0.6 is 0 Å². The predicted octanol–water partition coefficient (Wildman–Crippen LogP) is 2.80. The van der Waals surface area contributed by atoms with E-state index >= 15 is 0 Å². The fourth-order valence-corrected chi connectivity index (χ4v) is 2.80. The number of hydrogen-bond acceptors (Lipinski definition) is 2. The van der Waals surface area contributed by atoms with Gasteiger partial charge in [0.05, 0.1) is 13.7 Å². The first-order valence-corrected chi connectivity index (χ1v) is 5.90. The number of benzene rings is 1. The van der Waals surface area contributed by atoms with Gasteiger partial charge in [0.25, 0.3) is 0 Å². The van der Waals surface area contributed by atoms with Crippen LogP contribution in [-0.4, -0.2) is 12.2 Å². The van der Waals surface area contributed by atoms with E-state index in [2.05, 4.69) is 19.9 Å². The molecular formula is C14H20O2. The Bertz CT molecular complexity index is 394. The van der Waals surface area contributed by atoms with Crippen LogP contribution in [-0.2, 0) is 18.4 Å². The van der Waals surface area contributed by atoms with E-state index in [0.717, 1.165) is 17.7 Å². The summed E-state index contributed by atoms with van der Waals surface area (Å²) in [6, 6.07) is 4.14. The molecule has 0 radical (unpaired) electrons. The van der Waals surface area contributed by atoms with Crippen LogP contribution in [0.3, 0.4) is 0 Å². The van der Waals surface area contributed by atoms with Crippen LogP contribution in [0.4, 0.5) is 0 Å². The second kappa shape index (κ2) is 4.10. The van der Waals surface area contributed by atoms with E-state index in [4.69, 9.17) is 4.74 Å². The molecule has 0 saturated heterocycles. The van der Waals surface area contributed by atoms with Crippen LogP contribution in [0.5, 0.6) is 5.75 Å². The maximum absolute atomic E-state index is 9.50. The Labute approximate surface area is 97.3 Å². The Morgan fingerprint density at radius 2 is 2.12 bits per heavy atom. The molecule has 2 rings (SSSR count). The summed E-state index contributed by atoms with van der Waals surface area (Å²) < 4.78 is 5.31. The van der Waals surface area contributed by atoms with Crippen LogP contribution in [0, 0.1) is 0 Å². The predicted molar refractivity (Wildman–Crippen MR) is 64.9 cm³/mol. The number of aliphatic hydroxyl groups excluding tert-OH is 1. The molecule has 1 N–H and O–H groups in total. The van der Waals surface area contributed by atoms with Crippen molar-refractivity contribution in [2.75, 3.05) is 7.11 Å². The van der Waals surface area contributed by atoms with E-state index in [1.807, 2.05) is 6.07 Å². The van der Waals surface area contributed by atoms with Gasteiger partial charge in [-0.1, -0.05) is 19.9 Å². The van der Waals surface area contributed by atoms with Gasteiger partial charge in [0.15, 0.2) is 0 Å². The smallest absolute Gasteiger partial charge is 0.124 e. The zero-order valence-electron chi connectivity index (χ0n) is 10.3. The van der Waals surface area contributed by atoms with Crippen LogP contribution in [0.25, 0.3) is 0 Å². The van der Waals surface area contributed by atoms with Gasteiger partial charge in [0, 0.05) is 5.56 Å². The van der Waals surface area contributed by atoms with Crippen molar-refractivity contribution in [2.45, 2.75) is 45.1 Å². The first-order valence-electron chi connectivity index (χ1n) is 5.90. The van der Waals surface area contributed by atoms with E-state index in [9.17, 15) is 5.11 Å². The molecule has 0 fully saturated rings. The molecule has 0 spiro atoms. The van der Waals surface area contributed by atoms with Gasteiger partial charge in [0.2, 0.25) is 0 Å². The summed E-state index contributed by atoms with van der Waals surface area (Å²) in [6.07, 6.45) is 3.48. The fraction of sp³-hybridized carbons (Fsp3) is 0.571. The molecule has 1 aromatic rings. The van der Waals surface area contributed by atoms with Crippen molar-refractivity contribution in [3.63, 3.8) is 0 Å². The Hall–Kier alpha value is -1.02. The van der Waals surface area contributed by atoms with Crippen molar-refractivity contribution in [3.05, 3.63) is 28.8 Å². The van der Waals surface area contributed by atoms with Crippen molar-refractivity contribution in [1.82, 2.24) is 0 Å². The van der Waals surface area contributed by atoms with Crippen molar-refractivity contribution < 1.29 is 9.84 Å². The minimum atomic E-state index is 0.0719. The average Bonchev–Trinajstić information content (AvgIpc) is 2.27. The van der Waals surface area contributed by atoms with Gasteiger partial charge < -0.3 is 9.84 Å². The van der Waals surface area contributed by atoms with E-state index in [1.54, 1.807) is 7.11 Å². The molecule has 2 nitrogen and oxygen atoms in total. The van der Waals surface area contributed by atoms with Gasteiger partial charge in [-0.05, 0) is 41.9 Å². The highest BCUT2D eigenvalue weighted by molar-refractivity contribution is 5.48. The molecule has 0 atom stereocenters. The number of fused-ring (bicyclic) bond motifs is 1. The monoisotopic (exact) mass is 220 g/mol. The summed E-state index contributed by atoms with van der Waals surface area (Å²) in [6.45, 7) is 4.62. The topological polar surface area (TPSA) is 29.5 Å². The maximum Gasteiger partial charge on any atom is 0.124 e. The van der Waals surface area contributed by atoms with Crippen LogP contribution < -0.4 is 4.74 Å². The lowest BCUT2D eigenvalue weighted by Crippen LogP contribution is -2.25. The number of hydrogen-bond donors (Lipinski definition) is 1. The molecular weight excluding hydrogens is 200 g/mol. The highest BCUT2D eigenvalue weighted by Gasteiger charge is 2.29. The molecule has 0 amide bonds. The third-order valence-electron chi connectivity index (χ3n) is 3.72. The zero-order valence-corrected chi connectivity index (χ0v) is 10.3. The second-order valence-corrected chi connectivity index (χ2v) is 5.17. The van der Waals surface area contributed by atoms with E-state index in [1.165, 1.54) is 24.0 Å². The van der Waals surface area contributed by atoms with Gasteiger partial charge >= 0.3 is 0 Å². The van der Waals surface area contributed by atoms with Crippen LogP contribution in [0.2, 0.25) is 0 Å². The highest BCUT2D eigenvalue weighted by atomic mass is 16.5. The lowest BCUT2D eigenvalue weighted by Gasteiger charge is -2.34. The molecule has 0 aromatic heterocycles. The van der Waals surface area contributed by atoms with Crippen molar-refractivity contribution in [3.8, 4) is 5.75 Å². The molecule has 0 heterocycles. The lowest BCUT2D eigenvalue weighted by atomic mass is 9.71. The summed E-state index contributed by atoms with van der Waals surface area (Å²) in [5, 5.41) is 9.50. The van der Waals surface area contributed by atoms with Crippen molar-refractivity contribution >= 4 is 0 Å². The quantitative estimate of drug-likeness (QED) is 0.830. The first-order chi connectivity index (χ1) is 7.60. The number of aliphatic hydroxyl groups is 1. The summed E-state index contributed by atoms with van der Waals surface area (Å²) >= 11 is 0. The normalized spacial score (nSPS) is 18.0. The number of ether oxygens (including phenoxy) is 1. The molecule has 88 valence electrons. The Morgan fingerprint density at radius 1 is 1.38 bits per heavy atom. The Morgan fingerprint density at radius 3 is 2.75 bits per heavy atom. The van der Waals surface area contributed by atoms with Gasteiger partial charge in [0.1, 0.15) is 5.75 Å². The van der Waals surface area contributed by atoms with Crippen molar-refractivity contribution in [2.24, 2.45) is 0 Å². The zero-order chi connectivity index (χ0) is 11.8. The molecule has 1 aliphatic rings. The maximum atomic E-state index is 9.50. The van der Waals surface area contributed by atoms with Gasteiger partial charge in [-0.3, -0.25) is 0 Å². The summed E-state index contributed by atoms with van der Waals surface area (Å²) in [5.41, 5.74) is 3.89.